The molecule has 0 amide bonds. The highest BCUT2D eigenvalue weighted by Crippen LogP contribution is 2.51. The van der Waals surface area contributed by atoms with Gasteiger partial charge in [0, 0.05) is 5.92 Å². The number of rotatable bonds is 1. The lowest BCUT2D eigenvalue weighted by Gasteiger charge is -1.88. The molecular weight excluding hydrogens is 133 g/mol. The molecule has 42 valence electrons. The molecule has 0 spiro atoms. The third-order valence-electron chi connectivity index (χ3n) is 1.30. The molecule has 0 aromatic rings. The van der Waals surface area contributed by atoms with Gasteiger partial charge in [-0.25, -0.2) is 0 Å². The summed E-state index contributed by atoms with van der Waals surface area (Å²) >= 11 is 11.3. The number of halogens is 2. The smallest absolute Gasteiger partial charge is 0.127 e. The summed E-state index contributed by atoms with van der Waals surface area (Å²) in [6.07, 6.45) is 0.930. The van der Waals surface area contributed by atoms with Crippen LogP contribution in [0.15, 0.2) is 0 Å². The van der Waals surface area contributed by atoms with Crippen molar-refractivity contribution in [1.82, 2.24) is 0 Å². The lowest BCUT2D eigenvalue weighted by molar-refractivity contribution is -0.372. The quantitative estimate of drug-likeness (QED) is 0.512. The van der Waals surface area contributed by atoms with Crippen molar-refractivity contribution in [2.24, 2.45) is 5.92 Å². The molecule has 1 aliphatic rings. The summed E-state index contributed by atoms with van der Waals surface area (Å²) in [6, 6.07) is 0. The van der Waals surface area contributed by atoms with E-state index in [1.54, 1.807) is 0 Å². The maximum atomic E-state index is 5.63. The molecule has 7 heavy (non-hydrogen) atoms. The van der Waals surface area contributed by atoms with Crippen molar-refractivity contribution in [2.75, 3.05) is 6.54 Å². The Morgan fingerprint density at radius 3 is 2.14 bits per heavy atom. The van der Waals surface area contributed by atoms with Crippen molar-refractivity contribution in [1.29, 1.82) is 0 Å². The number of quaternary nitrogens is 1. The van der Waals surface area contributed by atoms with E-state index in [9.17, 15) is 0 Å². The fraction of sp³-hybridized carbons (Fsp3) is 1.00. The van der Waals surface area contributed by atoms with Crippen molar-refractivity contribution in [3.05, 3.63) is 0 Å². The molecule has 0 radical (unpaired) electrons. The van der Waals surface area contributed by atoms with Gasteiger partial charge in [0.15, 0.2) is 0 Å². The zero-order chi connectivity index (χ0) is 5.49. The minimum Gasteiger partial charge on any atom is -0.357 e. The average Bonchev–Trinajstić information content (AvgIpc) is 2.13. The van der Waals surface area contributed by atoms with E-state index in [0.29, 0.717) is 5.92 Å². The Morgan fingerprint density at radius 2 is 2.14 bits per heavy atom. The zero-order valence-corrected chi connectivity index (χ0v) is 5.47. The minimum absolute atomic E-state index is 0.401. The average molecular weight is 141 g/mol. The van der Waals surface area contributed by atoms with E-state index >= 15 is 0 Å². The number of hydrogen-bond acceptors (Lipinski definition) is 0. The van der Waals surface area contributed by atoms with E-state index in [-0.39, 0.29) is 0 Å². The van der Waals surface area contributed by atoms with E-state index in [4.69, 9.17) is 23.2 Å². The maximum Gasteiger partial charge on any atom is 0.127 e. The second kappa shape index (κ2) is 1.51. The molecule has 0 unspecified atom stereocenters. The SMILES string of the molecule is [NH3+]C[C@H]1CC1(Cl)Cl. The molecular formula is C4H8Cl2N+. The van der Waals surface area contributed by atoms with Crippen LogP contribution in [-0.4, -0.2) is 10.9 Å². The Hall–Kier alpha value is 0.540. The van der Waals surface area contributed by atoms with Crippen molar-refractivity contribution >= 4 is 23.2 Å². The van der Waals surface area contributed by atoms with Crippen molar-refractivity contribution in [2.45, 2.75) is 10.8 Å². The van der Waals surface area contributed by atoms with Gasteiger partial charge in [-0.1, -0.05) is 0 Å². The van der Waals surface area contributed by atoms with Gasteiger partial charge >= 0.3 is 0 Å². The standard InChI is InChI=1S/C4H7Cl2N/c5-4(6)1-3(4)2-7/h3H,1-2,7H2/p+1/t3-/m1/s1. The normalized spacial score (nSPS) is 35.6. The summed E-state index contributed by atoms with van der Waals surface area (Å²) in [4.78, 5) is 0. The molecule has 1 atom stereocenters. The zero-order valence-electron chi connectivity index (χ0n) is 3.95. The van der Waals surface area contributed by atoms with Gasteiger partial charge < -0.3 is 5.73 Å². The summed E-state index contributed by atoms with van der Waals surface area (Å²) in [5, 5.41) is 0. The molecule has 1 aliphatic carbocycles. The number of hydrogen-bond donors (Lipinski definition) is 1. The molecule has 1 rings (SSSR count). The highest BCUT2D eigenvalue weighted by atomic mass is 35.5. The van der Waals surface area contributed by atoms with Crippen molar-refractivity contribution in [3.63, 3.8) is 0 Å². The van der Waals surface area contributed by atoms with E-state index in [0.717, 1.165) is 13.0 Å². The summed E-state index contributed by atoms with van der Waals surface area (Å²) in [6.45, 7) is 0.868. The number of alkyl halides is 2. The van der Waals surface area contributed by atoms with Crippen LogP contribution in [0.4, 0.5) is 0 Å². The fourth-order valence-corrected chi connectivity index (χ4v) is 1.17. The van der Waals surface area contributed by atoms with Gasteiger partial charge in [0.1, 0.15) is 4.33 Å². The molecule has 1 nitrogen and oxygen atoms in total. The highest BCUT2D eigenvalue weighted by molar-refractivity contribution is 6.50. The first kappa shape index (κ1) is 5.67. The van der Waals surface area contributed by atoms with Gasteiger partial charge in [0.25, 0.3) is 0 Å². The predicted molar refractivity (Wildman–Crippen MR) is 30.3 cm³/mol. The summed E-state index contributed by atoms with van der Waals surface area (Å²) < 4.78 is -0.401. The second-order valence-corrected chi connectivity index (χ2v) is 3.49. The Bertz CT molecular complexity index is 81.8. The summed E-state index contributed by atoms with van der Waals surface area (Å²) in [5.74, 6) is 0.468. The van der Waals surface area contributed by atoms with Crippen LogP contribution in [0.1, 0.15) is 6.42 Å². The second-order valence-electron chi connectivity index (χ2n) is 1.95. The molecule has 0 aromatic heterocycles. The topological polar surface area (TPSA) is 27.6 Å². The Morgan fingerprint density at radius 1 is 1.71 bits per heavy atom. The van der Waals surface area contributed by atoms with Crippen LogP contribution < -0.4 is 5.73 Å². The third-order valence-corrected chi connectivity index (χ3v) is 2.23. The molecule has 3 N–H and O–H groups in total. The van der Waals surface area contributed by atoms with Crippen LogP contribution >= 0.6 is 23.2 Å². The predicted octanol–water partition coefficient (Wildman–Crippen LogP) is 0.422. The van der Waals surface area contributed by atoms with Gasteiger partial charge in [-0.3, -0.25) is 0 Å². The third kappa shape index (κ3) is 1.01. The molecule has 0 saturated heterocycles. The Labute approximate surface area is 52.8 Å². The van der Waals surface area contributed by atoms with Crippen LogP contribution in [0.3, 0.4) is 0 Å². The molecule has 0 bridgehead atoms. The van der Waals surface area contributed by atoms with E-state index in [2.05, 4.69) is 5.73 Å². The van der Waals surface area contributed by atoms with Gasteiger partial charge in [-0.15, -0.1) is 23.2 Å². The Kier molecular flexibility index (Phi) is 1.22. The first-order chi connectivity index (χ1) is 3.17. The van der Waals surface area contributed by atoms with Crippen LogP contribution in [0, 0.1) is 5.92 Å². The molecule has 0 aromatic carbocycles. The van der Waals surface area contributed by atoms with Gasteiger partial charge in [0.05, 0.1) is 6.54 Å². The lowest BCUT2D eigenvalue weighted by Crippen LogP contribution is -2.51. The van der Waals surface area contributed by atoms with E-state index < -0.39 is 4.33 Å². The molecule has 1 fully saturated rings. The van der Waals surface area contributed by atoms with Crippen LogP contribution in [0.25, 0.3) is 0 Å². The summed E-state index contributed by atoms with van der Waals surface area (Å²) in [5.41, 5.74) is 3.67. The van der Waals surface area contributed by atoms with Gasteiger partial charge in [-0.2, -0.15) is 0 Å². The fourth-order valence-electron chi connectivity index (χ4n) is 0.583. The van der Waals surface area contributed by atoms with Crippen LogP contribution in [0.2, 0.25) is 0 Å². The van der Waals surface area contributed by atoms with Crippen molar-refractivity contribution in [3.8, 4) is 0 Å². The Balaban J connectivity index is 2.30. The first-order valence-corrected chi connectivity index (χ1v) is 3.09. The minimum atomic E-state index is -0.401. The maximum absolute atomic E-state index is 5.63. The van der Waals surface area contributed by atoms with Crippen LogP contribution in [-0.2, 0) is 0 Å². The monoisotopic (exact) mass is 140 g/mol. The lowest BCUT2D eigenvalue weighted by atomic mass is 10.4. The van der Waals surface area contributed by atoms with Gasteiger partial charge in [-0.05, 0) is 6.42 Å². The highest BCUT2D eigenvalue weighted by Gasteiger charge is 2.52. The largest absolute Gasteiger partial charge is 0.357 e. The molecule has 3 heteroatoms. The molecule has 1 saturated carbocycles. The van der Waals surface area contributed by atoms with Crippen LogP contribution in [0.5, 0.6) is 0 Å². The summed E-state index contributed by atoms with van der Waals surface area (Å²) in [7, 11) is 0. The van der Waals surface area contributed by atoms with E-state index in [1.807, 2.05) is 0 Å². The first-order valence-electron chi connectivity index (χ1n) is 2.34. The van der Waals surface area contributed by atoms with E-state index in [1.165, 1.54) is 0 Å². The molecule has 0 aliphatic heterocycles. The molecule has 0 heterocycles. The van der Waals surface area contributed by atoms with Crippen molar-refractivity contribution < 1.29 is 5.73 Å². The van der Waals surface area contributed by atoms with Gasteiger partial charge in [0.2, 0.25) is 0 Å².